The summed E-state index contributed by atoms with van der Waals surface area (Å²) in [6.07, 6.45) is 0. The number of rotatable bonds is 4. The van der Waals surface area contributed by atoms with Crippen molar-refractivity contribution in [2.75, 3.05) is 12.4 Å². The molecule has 7 heteroatoms. The standard InChI is InChI=1S/C22H26N4O3/c1-13-7-8-19(29-6)18(9-13)26-14(2)20(24-25-26)21(28)23-16-10-15(22(3,4)5)11-17(27)12-16/h7-12,27H,1-6H3,(H,23,28). The molecule has 0 aliphatic carbocycles. The van der Waals surface area contributed by atoms with E-state index in [-0.39, 0.29) is 16.9 Å². The molecule has 0 aliphatic heterocycles. The number of phenols is 1. The van der Waals surface area contributed by atoms with Crippen molar-refractivity contribution in [3.8, 4) is 17.2 Å². The third-order valence-corrected chi connectivity index (χ3v) is 4.71. The SMILES string of the molecule is COc1ccc(C)cc1-n1nnc(C(=O)Nc2cc(O)cc(C(C)(C)C)c2)c1C. The van der Waals surface area contributed by atoms with Gasteiger partial charge in [-0.15, -0.1) is 5.10 Å². The van der Waals surface area contributed by atoms with E-state index in [0.717, 1.165) is 11.1 Å². The molecule has 1 heterocycles. The highest BCUT2D eigenvalue weighted by Crippen LogP contribution is 2.30. The number of carbonyl (C=O) groups is 1. The number of aryl methyl sites for hydroxylation is 1. The number of aromatic hydroxyl groups is 1. The first-order valence-electron chi connectivity index (χ1n) is 9.33. The summed E-state index contributed by atoms with van der Waals surface area (Å²) in [6, 6.07) is 10.8. The van der Waals surface area contributed by atoms with Crippen molar-refractivity contribution in [1.82, 2.24) is 15.0 Å². The fourth-order valence-corrected chi connectivity index (χ4v) is 3.04. The van der Waals surface area contributed by atoms with Crippen molar-refractivity contribution in [2.24, 2.45) is 0 Å². The lowest BCUT2D eigenvalue weighted by atomic mass is 9.86. The number of benzene rings is 2. The van der Waals surface area contributed by atoms with Crippen LogP contribution in [0.1, 0.15) is 48.1 Å². The number of aromatic nitrogens is 3. The van der Waals surface area contributed by atoms with Gasteiger partial charge in [-0.2, -0.15) is 0 Å². The van der Waals surface area contributed by atoms with Crippen LogP contribution < -0.4 is 10.1 Å². The Hall–Kier alpha value is -3.35. The maximum Gasteiger partial charge on any atom is 0.278 e. The van der Waals surface area contributed by atoms with Gasteiger partial charge < -0.3 is 15.2 Å². The van der Waals surface area contributed by atoms with Gasteiger partial charge >= 0.3 is 0 Å². The van der Waals surface area contributed by atoms with E-state index >= 15 is 0 Å². The van der Waals surface area contributed by atoms with Crippen molar-refractivity contribution in [2.45, 2.75) is 40.0 Å². The van der Waals surface area contributed by atoms with Crippen LogP contribution >= 0.6 is 0 Å². The molecule has 0 aliphatic rings. The Bertz CT molecular complexity index is 1060. The summed E-state index contributed by atoms with van der Waals surface area (Å²) >= 11 is 0. The molecule has 29 heavy (non-hydrogen) atoms. The molecule has 0 saturated heterocycles. The zero-order valence-electron chi connectivity index (χ0n) is 17.6. The maximum absolute atomic E-state index is 12.8. The van der Waals surface area contributed by atoms with E-state index in [1.54, 1.807) is 24.8 Å². The molecule has 0 saturated carbocycles. The molecule has 2 N–H and O–H groups in total. The van der Waals surface area contributed by atoms with Crippen molar-refractivity contribution in [3.63, 3.8) is 0 Å². The van der Waals surface area contributed by atoms with Crippen molar-refractivity contribution in [1.29, 1.82) is 0 Å². The van der Waals surface area contributed by atoms with Crippen LogP contribution in [0.5, 0.6) is 11.5 Å². The number of amides is 1. The number of hydrogen-bond acceptors (Lipinski definition) is 5. The van der Waals surface area contributed by atoms with Gasteiger partial charge in [0.2, 0.25) is 0 Å². The Kier molecular flexibility index (Phi) is 5.33. The first kappa shape index (κ1) is 20.4. The van der Waals surface area contributed by atoms with Gasteiger partial charge in [0.1, 0.15) is 17.2 Å². The van der Waals surface area contributed by atoms with Gasteiger partial charge in [0.15, 0.2) is 5.69 Å². The number of carbonyl (C=O) groups excluding carboxylic acids is 1. The molecule has 3 aromatic rings. The maximum atomic E-state index is 12.8. The van der Waals surface area contributed by atoms with Crippen molar-refractivity contribution >= 4 is 11.6 Å². The number of nitrogens with one attached hydrogen (secondary N) is 1. The molecule has 0 spiro atoms. The average molecular weight is 394 g/mol. The van der Waals surface area contributed by atoms with Crippen LogP contribution in [0.15, 0.2) is 36.4 Å². The second-order valence-electron chi connectivity index (χ2n) is 8.08. The molecule has 0 bridgehead atoms. The van der Waals surface area contributed by atoms with Crippen LogP contribution in [0.2, 0.25) is 0 Å². The molecule has 0 fully saturated rings. The summed E-state index contributed by atoms with van der Waals surface area (Å²) in [5.41, 5.74) is 3.79. The minimum absolute atomic E-state index is 0.0950. The molecular formula is C22H26N4O3. The Morgan fingerprint density at radius 3 is 2.52 bits per heavy atom. The average Bonchev–Trinajstić information content (AvgIpc) is 3.02. The first-order valence-corrected chi connectivity index (χ1v) is 9.33. The van der Waals surface area contributed by atoms with Gasteiger partial charge in [-0.25, -0.2) is 4.68 Å². The third-order valence-electron chi connectivity index (χ3n) is 4.71. The van der Waals surface area contributed by atoms with Gasteiger partial charge in [0.05, 0.1) is 12.8 Å². The summed E-state index contributed by atoms with van der Waals surface area (Å²) in [5, 5.41) is 21.1. The van der Waals surface area contributed by atoms with Crippen molar-refractivity contribution in [3.05, 3.63) is 58.9 Å². The third kappa shape index (κ3) is 4.23. The Balaban J connectivity index is 1.93. The predicted molar refractivity (Wildman–Crippen MR) is 112 cm³/mol. The van der Waals surface area contributed by atoms with Crippen LogP contribution in [0.25, 0.3) is 5.69 Å². The van der Waals surface area contributed by atoms with Gasteiger partial charge in [-0.05, 0) is 54.7 Å². The summed E-state index contributed by atoms with van der Waals surface area (Å²) in [7, 11) is 1.59. The van der Waals surface area contributed by atoms with Gasteiger partial charge in [-0.3, -0.25) is 4.79 Å². The second-order valence-corrected chi connectivity index (χ2v) is 8.08. The van der Waals surface area contributed by atoms with Crippen LogP contribution in [0.3, 0.4) is 0 Å². The van der Waals surface area contributed by atoms with Gasteiger partial charge in [-0.1, -0.05) is 32.1 Å². The van der Waals surface area contributed by atoms with E-state index in [1.165, 1.54) is 6.07 Å². The van der Waals surface area contributed by atoms with Crippen LogP contribution in [-0.4, -0.2) is 33.1 Å². The first-order chi connectivity index (χ1) is 13.6. The lowest BCUT2D eigenvalue weighted by Crippen LogP contribution is -2.16. The topological polar surface area (TPSA) is 89.3 Å². The number of phenolic OH excluding ortho intramolecular Hbond substituents is 1. The Morgan fingerprint density at radius 2 is 1.86 bits per heavy atom. The number of anilines is 1. The van der Waals surface area contributed by atoms with E-state index in [0.29, 0.717) is 22.8 Å². The molecular weight excluding hydrogens is 368 g/mol. The summed E-state index contributed by atoms with van der Waals surface area (Å²) in [4.78, 5) is 12.8. The smallest absolute Gasteiger partial charge is 0.278 e. The lowest BCUT2D eigenvalue weighted by molar-refractivity contribution is 0.102. The number of nitrogens with zero attached hydrogens (tertiary/aromatic N) is 3. The van der Waals surface area contributed by atoms with Crippen LogP contribution in [0, 0.1) is 13.8 Å². The fourth-order valence-electron chi connectivity index (χ4n) is 3.04. The van der Waals surface area contributed by atoms with Gasteiger partial charge in [0.25, 0.3) is 5.91 Å². The molecule has 7 nitrogen and oxygen atoms in total. The molecule has 0 atom stereocenters. The number of hydrogen-bond donors (Lipinski definition) is 2. The molecule has 152 valence electrons. The minimum Gasteiger partial charge on any atom is -0.508 e. The van der Waals surface area contributed by atoms with E-state index < -0.39 is 5.91 Å². The predicted octanol–water partition coefficient (Wildman–Crippen LogP) is 4.15. The highest BCUT2D eigenvalue weighted by molar-refractivity contribution is 6.03. The van der Waals surface area contributed by atoms with Gasteiger partial charge in [0, 0.05) is 11.8 Å². The lowest BCUT2D eigenvalue weighted by Gasteiger charge is -2.20. The zero-order chi connectivity index (χ0) is 21.3. The monoisotopic (exact) mass is 394 g/mol. The minimum atomic E-state index is -0.397. The van der Waals surface area contributed by atoms with Crippen LogP contribution in [-0.2, 0) is 5.41 Å². The van der Waals surface area contributed by atoms with E-state index in [2.05, 4.69) is 15.6 Å². The van der Waals surface area contributed by atoms with E-state index in [1.807, 2.05) is 52.0 Å². The summed E-state index contributed by atoms with van der Waals surface area (Å²) in [6.45, 7) is 9.87. The summed E-state index contributed by atoms with van der Waals surface area (Å²) in [5.74, 6) is 0.335. The molecule has 1 aromatic heterocycles. The molecule has 3 rings (SSSR count). The van der Waals surface area contributed by atoms with E-state index in [9.17, 15) is 9.90 Å². The molecule has 0 radical (unpaired) electrons. The zero-order valence-corrected chi connectivity index (χ0v) is 17.6. The number of methoxy groups -OCH3 is 1. The largest absolute Gasteiger partial charge is 0.508 e. The fraction of sp³-hybridized carbons (Fsp3) is 0.318. The Labute approximate surface area is 170 Å². The molecule has 0 unspecified atom stereocenters. The van der Waals surface area contributed by atoms with E-state index in [4.69, 9.17) is 4.74 Å². The van der Waals surface area contributed by atoms with Crippen molar-refractivity contribution < 1.29 is 14.6 Å². The highest BCUT2D eigenvalue weighted by atomic mass is 16.5. The molecule has 1 amide bonds. The normalized spacial score (nSPS) is 11.4. The summed E-state index contributed by atoms with van der Waals surface area (Å²) < 4.78 is 7.00. The van der Waals surface area contributed by atoms with Crippen LogP contribution in [0.4, 0.5) is 5.69 Å². The number of ether oxygens (including phenoxy) is 1. The Morgan fingerprint density at radius 1 is 1.14 bits per heavy atom. The highest BCUT2D eigenvalue weighted by Gasteiger charge is 2.21. The second kappa shape index (κ2) is 7.58. The molecule has 2 aromatic carbocycles. The quantitative estimate of drug-likeness (QED) is 0.694.